The number of thioether (sulfide) groups is 1. The lowest BCUT2D eigenvalue weighted by molar-refractivity contribution is 0.00200. The van der Waals surface area contributed by atoms with E-state index in [0.717, 1.165) is 32.6 Å². The fourth-order valence-corrected chi connectivity index (χ4v) is 5.98. The molecule has 0 spiro atoms. The molecule has 0 aliphatic carbocycles. The summed E-state index contributed by atoms with van der Waals surface area (Å²) in [5.41, 5.74) is 2.13. The first-order valence-electron chi connectivity index (χ1n) is 9.73. The van der Waals surface area contributed by atoms with Crippen LogP contribution in [0.3, 0.4) is 0 Å². The third-order valence-corrected chi connectivity index (χ3v) is 8.09. The second-order valence-electron chi connectivity index (χ2n) is 7.62. The average Bonchev–Trinajstić information content (AvgIpc) is 3.09. The summed E-state index contributed by atoms with van der Waals surface area (Å²) in [5, 5.41) is 2.47. The summed E-state index contributed by atoms with van der Waals surface area (Å²) in [6.07, 6.45) is 2.62. The van der Waals surface area contributed by atoms with E-state index in [4.69, 9.17) is 32.9 Å². The minimum atomic E-state index is -0.00144. The maximum atomic E-state index is 13.4. The highest BCUT2D eigenvalue weighted by Crippen LogP contribution is 2.36. The zero-order valence-electron chi connectivity index (χ0n) is 16.8. The summed E-state index contributed by atoms with van der Waals surface area (Å²) in [6, 6.07) is 5.56. The number of halogens is 2. The standard InChI is InChI=1S/C22H22Cl2N2O2S2/c1-4-7-26-21(27)19-14-9-17(12(2)3)28-10-18(14)30-20(19)25-22(26)29-11-13-5-6-15(23)16(24)8-13/h4-6,8,12,17H,1,7,9-11H2,2-3H3. The van der Waals surface area contributed by atoms with Gasteiger partial charge in [0.1, 0.15) is 4.83 Å². The Morgan fingerprint density at radius 2 is 2.20 bits per heavy atom. The van der Waals surface area contributed by atoms with E-state index in [0.29, 0.717) is 40.0 Å². The topological polar surface area (TPSA) is 44.1 Å². The van der Waals surface area contributed by atoms with Gasteiger partial charge in [-0.2, -0.15) is 0 Å². The van der Waals surface area contributed by atoms with Crippen LogP contribution in [-0.4, -0.2) is 15.7 Å². The Bertz CT molecular complexity index is 1170. The molecule has 1 aliphatic rings. The first-order chi connectivity index (χ1) is 14.4. The Morgan fingerprint density at radius 3 is 2.90 bits per heavy atom. The number of aromatic nitrogens is 2. The lowest BCUT2D eigenvalue weighted by atomic mass is 9.96. The first kappa shape index (κ1) is 21.9. The van der Waals surface area contributed by atoms with Gasteiger partial charge in [0.2, 0.25) is 0 Å². The molecule has 1 unspecified atom stereocenters. The van der Waals surface area contributed by atoms with E-state index in [1.54, 1.807) is 28.0 Å². The zero-order chi connectivity index (χ0) is 21.4. The number of hydrogen-bond donors (Lipinski definition) is 0. The summed E-state index contributed by atoms with van der Waals surface area (Å²) >= 11 is 15.2. The lowest BCUT2D eigenvalue weighted by Crippen LogP contribution is -2.28. The van der Waals surface area contributed by atoms with Crippen molar-refractivity contribution in [1.82, 2.24) is 9.55 Å². The number of ether oxygens (including phenoxy) is 1. The molecule has 0 saturated heterocycles. The van der Waals surface area contributed by atoms with Gasteiger partial charge in [-0.1, -0.05) is 61.0 Å². The Labute approximate surface area is 193 Å². The number of hydrogen-bond acceptors (Lipinski definition) is 5. The Hall–Kier alpha value is -1.31. The second kappa shape index (κ2) is 9.05. The van der Waals surface area contributed by atoms with Crippen molar-refractivity contribution in [3.05, 3.63) is 67.3 Å². The van der Waals surface area contributed by atoms with Gasteiger partial charge in [0.15, 0.2) is 5.16 Å². The zero-order valence-corrected chi connectivity index (χ0v) is 19.9. The fourth-order valence-electron chi connectivity index (χ4n) is 3.55. The summed E-state index contributed by atoms with van der Waals surface area (Å²) in [4.78, 5) is 20.2. The quantitative estimate of drug-likeness (QED) is 0.234. The third kappa shape index (κ3) is 4.21. The van der Waals surface area contributed by atoms with Crippen LogP contribution in [-0.2, 0) is 30.1 Å². The highest BCUT2D eigenvalue weighted by molar-refractivity contribution is 7.98. The second-order valence-corrected chi connectivity index (χ2v) is 10.5. The minimum absolute atomic E-state index is 0.00144. The van der Waals surface area contributed by atoms with Crippen LogP contribution in [0, 0.1) is 5.92 Å². The molecule has 0 saturated carbocycles. The van der Waals surface area contributed by atoms with E-state index >= 15 is 0 Å². The summed E-state index contributed by atoms with van der Waals surface area (Å²) in [6.45, 7) is 9.08. The predicted octanol–water partition coefficient (Wildman–Crippen LogP) is 6.34. The highest BCUT2D eigenvalue weighted by Gasteiger charge is 2.28. The molecule has 0 radical (unpaired) electrons. The van der Waals surface area contributed by atoms with E-state index < -0.39 is 0 Å². The maximum absolute atomic E-state index is 13.4. The largest absolute Gasteiger partial charge is 0.372 e. The van der Waals surface area contributed by atoms with Crippen molar-refractivity contribution in [3.8, 4) is 0 Å². The fraction of sp³-hybridized carbons (Fsp3) is 0.364. The summed E-state index contributed by atoms with van der Waals surface area (Å²) in [5.74, 6) is 1.03. The van der Waals surface area contributed by atoms with Gasteiger partial charge in [0, 0.05) is 23.6 Å². The van der Waals surface area contributed by atoms with Crippen molar-refractivity contribution < 1.29 is 4.74 Å². The number of nitrogens with zero attached hydrogens (tertiary/aromatic N) is 2. The molecular weight excluding hydrogens is 459 g/mol. The van der Waals surface area contributed by atoms with Gasteiger partial charge in [-0.05, 0) is 29.2 Å². The maximum Gasteiger partial charge on any atom is 0.263 e. The van der Waals surface area contributed by atoms with Crippen molar-refractivity contribution in [2.24, 2.45) is 5.92 Å². The molecule has 1 atom stereocenters. The van der Waals surface area contributed by atoms with E-state index in [1.165, 1.54) is 11.8 Å². The van der Waals surface area contributed by atoms with Crippen LogP contribution in [0.25, 0.3) is 10.2 Å². The van der Waals surface area contributed by atoms with Crippen molar-refractivity contribution in [2.45, 2.75) is 50.4 Å². The van der Waals surface area contributed by atoms with E-state index in [1.807, 2.05) is 12.1 Å². The van der Waals surface area contributed by atoms with Gasteiger partial charge in [-0.25, -0.2) is 4.98 Å². The van der Waals surface area contributed by atoms with E-state index in [2.05, 4.69) is 20.4 Å². The van der Waals surface area contributed by atoms with Gasteiger partial charge in [0.25, 0.3) is 5.56 Å². The predicted molar refractivity (Wildman–Crippen MR) is 127 cm³/mol. The molecule has 2 aromatic heterocycles. The van der Waals surface area contributed by atoms with Crippen molar-refractivity contribution in [1.29, 1.82) is 0 Å². The van der Waals surface area contributed by atoms with Gasteiger partial charge >= 0.3 is 0 Å². The Kier molecular flexibility index (Phi) is 6.61. The van der Waals surface area contributed by atoms with Crippen LogP contribution in [0.1, 0.15) is 29.9 Å². The third-order valence-electron chi connectivity index (χ3n) is 5.20. The number of rotatable bonds is 6. The Balaban J connectivity index is 1.73. The van der Waals surface area contributed by atoms with Crippen molar-refractivity contribution in [2.75, 3.05) is 0 Å². The molecule has 4 rings (SSSR count). The van der Waals surface area contributed by atoms with Gasteiger partial charge in [-0.3, -0.25) is 9.36 Å². The molecule has 0 amide bonds. The SMILES string of the molecule is C=CCn1c(SCc2ccc(Cl)c(Cl)c2)nc2sc3c(c2c1=O)CC(C(C)C)OC3. The average molecular weight is 481 g/mol. The molecule has 4 nitrogen and oxygen atoms in total. The van der Waals surface area contributed by atoms with Gasteiger partial charge in [-0.15, -0.1) is 17.9 Å². The highest BCUT2D eigenvalue weighted by atomic mass is 35.5. The molecule has 8 heteroatoms. The molecule has 0 N–H and O–H groups in total. The molecule has 3 aromatic rings. The van der Waals surface area contributed by atoms with Crippen LogP contribution < -0.4 is 5.56 Å². The molecule has 1 aromatic carbocycles. The van der Waals surface area contributed by atoms with Gasteiger partial charge < -0.3 is 4.74 Å². The number of thiophene rings is 1. The van der Waals surface area contributed by atoms with Crippen LogP contribution in [0.15, 0.2) is 40.8 Å². The van der Waals surface area contributed by atoms with Crippen molar-refractivity contribution in [3.63, 3.8) is 0 Å². The monoisotopic (exact) mass is 480 g/mol. The van der Waals surface area contributed by atoms with Crippen LogP contribution in [0.5, 0.6) is 0 Å². The molecule has 1 aliphatic heterocycles. The molecule has 30 heavy (non-hydrogen) atoms. The van der Waals surface area contributed by atoms with E-state index in [9.17, 15) is 4.79 Å². The summed E-state index contributed by atoms with van der Waals surface area (Å²) in [7, 11) is 0. The van der Waals surface area contributed by atoms with Crippen LogP contribution in [0.4, 0.5) is 0 Å². The smallest absolute Gasteiger partial charge is 0.263 e. The van der Waals surface area contributed by atoms with E-state index in [-0.39, 0.29) is 11.7 Å². The molecule has 0 fully saturated rings. The van der Waals surface area contributed by atoms with Crippen LogP contribution in [0.2, 0.25) is 10.0 Å². The van der Waals surface area contributed by atoms with Crippen molar-refractivity contribution >= 4 is 56.5 Å². The molecule has 0 bridgehead atoms. The molecule has 158 valence electrons. The van der Waals surface area contributed by atoms with Gasteiger partial charge in [0.05, 0.1) is 28.1 Å². The number of benzene rings is 1. The summed E-state index contributed by atoms with van der Waals surface area (Å²) < 4.78 is 7.71. The number of allylic oxidation sites excluding steroid dienone is 1. The van der Waals surface area contributed by atoms with Crippen LogP contribution >= 0.6 is 46.3 Å². The normalized spacial score (nSPS) is 16.2. The molecular formula is C22H22Cl2N2O2S2. The molecule has 3 heterocycles. The minimum Gasteiger partial charge on any atom is -0.372 e. The number of fused-ring (bicyclic) bond motifs is 3. The Morgan fingerprint density at radius 1 is 1.40 bits per heavy atom. The first-order valence-corrected chi connectivity index (χ1v) is 12.3. The lowest BCUT2D eigenvalue weighted by Gasteiger charge is -2.26.